The highest BCUT2D eigenvalue weighted by molar-refractivity contribution is 7.99. The van der Waals surface area contributed by atoms with Crippen LogP contribution in [0.25, 0.3) is 0 Å². The molecule has 0 aromatic heterocycles. The summed E-state index contributed by atoms with van der Waals surface area (Å²) in [5, 5.41) is 2.88. The van der Waals surface area contributed by atoms with Gasteiger partial charge in [0.1, 0.15) is 6.04 Å². The predicted octanol–water partition coefficient (Wildman–Crippen LogP) is 4.48. The van der Waals surface area contributed by atoms with Crippen LogP contribution in [0, 0.1) is 13.8 Å². The zero-order chi connectivity index (χ0) is 21.2. The average molecular weight is 413 g/mol. The molecule has 156 valence electrons. The molecule has 2 aromatic rings. The van der Waals surface area contributed by atoms with Crippen molar-refractivity contribution in [2.24, 2.45) is 0 Å². The van der Waals surface area contributed by atoms with Crippen molar-refractivity contribution in [2.45, 2.75) is 52.5 Å². The van der Waals surface area contributed by atoms with Crippen LogP contribution in [0.3, 0.4) is 0 Å². The third-order valence-electron chi connectivity index (χ3n) is 4.95. The van der Waals surface area contributed by atoms with E-state index in [1.54, 1.807) is 16.7 Å². The summed E-state index contributed by atoms with van der Waals surface area (Å²) in [6, 6.07) is 15.9. The standard InChI is InChI=1S/C24H32N2O2S/c1-5-22(24(28)25-6-2)26(15-20-13-11-18(3)12-14-20)23(27)17-29-16-21-10-8-7-9-19(21)4/h7-14,22H,5-6,15-17H2,1-4H3,(H,25,28)/t22-/m0/s1. The normalized spacial score (nSPS) is 11.7. The molecule has 2 amide bonds. The summed E-state index contributed by atoms with van der Waals surface area (Å²) >= 11 is 1.60. The molecule has 0 unspecified atom stereocenters. The number of thioether (sulfide) groups is 1. The van der Waals surface area contributed by atoms with E-state index in [-0.39, 0.29) is 11.8 Å². The van der Waals surface area contributed by atoms with E-state index in [4.69, 9.17) is 0 Å². The van der Waals surface area contributed by atoms with Crippen LogP contribution in [-0.4, -0.2) is 35.1 Å². The molecule has 0 spiro atoms. The van der Waals surface area contributed by atoms with E-state index in [1.165, 1.54) is 16.7 Å². The van der Waals surface area contributed by atoms with E-state index < -0.39 is 6.04 Å². The first-order valence-electron chi connectivity index (χ1n) is 10.2. The Morgan fingerprint density at radius 1 is 1.03 bits per heavy atom. The lowest BCUT2D eigenvalue weighted by Gasteiger charge is -2.30. The third kappa shape index (κ3) is 6.93. The Hall–Kier alpha value is -2.27. The van der Waals surface area contributed by atoms with Gasteiger partial charge in [-0.05, 0) is 43.9 Å². The van der Waals surface area contributed by atoms with Crippen molar-refractivity contribution in [3.8, 4) is 0 Å². The van der Waals surface area contributed by atoms with E-state index in [9.17, 15) is 9.59 Å². The van der Waals surface area contributed by atoms with E-state index in [1.807, 2.05) is 57.2 Å². The second kappa shape index (κ2) is 11.7. The zero-order valence-corrected chi connectivity index (χ0v) is 18.7. The minimum absolute atomic E-state index is 0.00209. The van der Waals surface area contributed by atoms with Crippen molar-refractivity contribution in [3.05, 3.63) is 70.8 Å². The Morgan fingerprint density at radius 3 is 2.34 bits per heavy atom. The van der Waals surface area contributed by atoms with Crippen LogP contribution in [0.4, 0.5) is 0 Å². The molecule has 2 aromatic carbocycles. The van der Waals surface area contributed by atoms with Crippen LogP contribution in [0.5, 0.6) is 0 Å². The predicted molar refractivity (Wildman–Crippen MR) is 122 cm³/mol. The molecule has 0 aliphatic rings. The number of hydrogen-bond donors (Lipinski definition) is 1. The summed E-state index contributed by atoms with van der Waals surface area (Å²) in [7, 11) is 0. The smallest absolute Gasteiger partial charge is 0.242 e. The third-order valence-corrected chi connectivity index (χ3v) is 5.92. The van der Waals surface area contributed by atoms with E-state index in [0.29, 0.717) is 25.3 Å². The molecule has 4 nitrogen and oxygen atoms in total. The van der Waals surface area contributed by atoms with Crippen LogP contribution in [0.1, 0.15) is 42.5 Å². The van der Waals surface area contributed by atoms with Gasteiger partial charge in [0.05, 0.1) is 5.75 Å². The summed E-state index contributed by atoms with van der Waals surface area (Å²) in [4.78, 5) is 27.5. The van der Waals surface area contributed by atoms with E-state index >= 15 is 0 Å². The van der Waals surface area contributed by atoms with Gasteiger partial charge in [-0.25, -0.2) is 0 Å². The summed E-state index contributed by atoms with van der Waals surface area (Å²) in [6.45, 7) is 8.98. The molecule has 5 heteroatoms. The fraction of sp³-hybridized carbons (Fsp3) is 0.417. The van der Waals surface area contributed by atoms with Gasteiger partial charge in [-0.2, -0.15) is 0 Å². The summed E-state index contributed by atoms with van der Waals surface area (Å²) in [6.07, 6.45) is 0.589. The molecular formula is C24H32N2O2S. The van der Waals surface area contributed by atoms with Crippen molar-refractivity contribution in [2.75, 3.05) is 12.3 Å². The highest BCUT2D eigenvalue weighted by atomic mass is 32.2. The lowest BCUT2D eigenvalue weighted by molar-refractivity contribution is -0.139. The molecule has 1 atom stereocenters. The lowest BCUT2D eigenvalue weighted by atomic mass is 10.1. The minimum Gasteiger partial charge on any atom is -0.355 e. The van der Waals surface area contributed by atoms with Gasteiger partial charge in [-0.3, -0.25) is 9.59 Å². The minimum atomic E-state index is -0.456. The van der Waals surface area contributed by atoms with Crippen molar-refractivity contribution in [1.82, 2.24) is 10.2 Å². The van der Waals surface area contributed by atoms with Gasteiger partial charge >= 0.3 is 0 Å². The number of benzene rings is 2. The molecular weight excluding hydrogens is 380 g/mol. The van der Waals surface area contributed by atoms with Crippen LogP contribution in [0.2, 0.25) is 0 Å². The topological polar surface area (TPSA) is 49.4 Å². The molecule has 29 heavy (non-hydrogen) atoms. The molecule has 0 radical (unpaired) electrons. The first-order valence-corrected chi connectivity index (χ1v) is 11.4. The Labute approximate surface area is 179 Å². The van der Waals surface area contributed by atoms with Crippen LogP contribution >= 0.6 is 11.8 Å². The van der Waals surface area contributed by atoms with Gasteiger partial charge in [0.2, 0.25) is 11.8 Å². The second-order valence-corrected chi connectivity index (χ2v) is 8.23. The number of carbonyl (C=O) groups excluding carboxylic acids is 2. The molecule has 0 bridgehead atoms. The number of hydrogen-bond acceptors (Lipinski definition) is 3. The fourth-order valence-electron chi connectivity index (χ4n) is 3.20. The summed E-state index contributed by atoms with van der Waals surface area (Å²) in [5.41, 5.74) is 4.69. The molecule has 2 rings (SSSR count). The van der Waals surface area contributed by atoms with Gasteiger partial charge in [-0.1, -0.05) is 61.0 Å². The molecule has 0 fully saturated rings. The Morgan fingerprint density at radius 2 is 1.72 bits per heavy atom. The zero-order valence-electron chi connectivity index (χ0n) is 17.9. The molecule has 0 aliphatic carbocycles. The number of amides is 2. The van der Waals surface area contributed by atoms with Crippen LogP contribution in [0.15, 0.2) is 48.5 Å². The monoisotopic (exact) mass is 412 g/mol. The van der Waals surface area contributed by atoms with Crippen LogP contribution in [-0.2, 0) is 21.9 Å². The van der Waals surface area contributed by atoms with Gasteiger partial charge in [0, 0.05) is 18.8 Å². The van der Waals surface area contributed by atoms with Crippen molar-refractivity contribution in [1.29, 1.82) is 0 Å². The maximum atomic E-state index is 13.1. The summed E-state index contributed by atoms with van der Waals surface area (Å²) in [5.74, 6) is 1.06. The van der Waals surface area contributed by atoms with E-state index in [2.05, 4.69) is 24.4 Å². The fourth-order valence-corrected chi connectivity index (χ4v) is 4.19. The number of likely N-dealkylation sites (N-methyl/N-ethyl adjacent to an activating group) is 1. The van der Waals surface area contributed by atoms with Crippen LogP contribution < -0.4 is 5.32 Å². The molecule has 0 aliphatic heterocycles. The number of rotatable bonds is 10. The number of aryl methyl sites for hydroxylation is 2. The number of nitrogens with one attached hydrogen (secondary N) is 1. The van der Waals surface area contributed by atoms with Crippen molar-refractivity contribution >= 4 is 23.6 Å². The highest BCUT2D eigenvalue weighted by Crippen LogP contribution is 2.19. The SMILES string of the molecule is CCNC(=O)[C@H](CC)N(Cc1ccc(C)cc1)C(=O)CSCc1ccccc1C. The average Bonchev–Trinajstić information content (AvgIpc) is 2.71. The Kier molecular flexibility index (Phi) is 9.26. The first kappa shape index (κ1) is 23.0. The Balaban J connectivity index is 2.11. The van der Waals surface area contributed by atoms with Crippen molar-refractivity contribution < 1.29 is 9.59 Å². The number of carbonyl (C=O) groups is 2. The highest BCUT2D eigenvalue weighted by Gasteiger charge is 2.28. The maximum Gasteiger partial charge on any atom is 0.242 e. The van der Waals surface area contributed by atoms with Gasteiger partial charge in [-0.15, -0.1) is 11.8 Å². The van der Waals surface area contributed by atoms with Gasteiger partial charge < -0.3 is 10.2 Å². The Bertz CT molecular complexity index is 805. The van der Waals surface area contributed by atoms with Crippen molar-refractivity contribution in [3.63, 3.8) is 0 Å². The molecule has 0 heterocycles. The largest absolute Gasteiger partial charge is 0.355 e. The quantitative estimate of drug-likeness (QED) is 0.626. The molecule has 1 N–H and O–H groups in total. The molecule has 0 saturated heterocycles. The summed E-state index contributed by atoms with van der Waals surface area (Å²) < 4.78 is 0. The van der Waals surface area contributed by atoms with Gasteiger partial charge in [0.25, 0.3) is 0 Å². The number of nitrogens with zero attached hydrogens (tertiary/aromatic N) is 1. The maximum absolute atomic E-state index is 13.1. The first-order chi connectivity index (χ1) is 14.0. The lowest BCUT2D eigenvalue weighted by Crippen LogP contribution is -2.49. The van der Waals surface area contributed by atoms with Gasteiger partial charge in [0.15, 0.2) is 0 Å². The van der Waals surface area contributed by atoms with E-state index in [0.717, 1.165) is 11.3 Å². The molecule has 0 saturated carbocycles. The second-order valence-electron chi connectivity index (χ2n) is 7.25.